The maximum atomic E-state index is 11.6. The second kappa shape index (κ2) is 7.44. The van der Waals surface area contributed by atoms with Crippen molar-refractivity contribution in [3.05, 3.63) is 11.6 Å². The fourth-order valence-electron chi connectivity index (χ4n) is 2.05. The summed E-state index contributed by atoms with van der Waals surface area (Å²) < 4.78 is 0. The van der Waals surface area contributed by atoms with Gasteiger partial charge in [0.05, 0.1) is 0 Å². The van der Waals surface area contributed by atoms with Crippen molar-refractivity contribution < 1.29 is 4.79 Å². The van der Waals surface area contributed by atoms with Crippen molar-refractivity contribution in [2.75, 3.05) is 26.2 Å². The normalized spacial score (nSPS) is 18.5. The van der Waals surface area contributed by atoms with Crippen LogP contribution in [0.4, 0.5) is 0 Å². The Morgan fingerprint density at radius 2 is 2.00 bits per heavy atom. The predicted molar refractivity (Wildman–Crippen MR) is 67.3 cm³/mol. The summed E-state index contributed by atoms with van der Waals surface area (Å²) in [6, 6.07) is 0. The van der Waals surface area contributed by atoms with Crippen LogP contribution in [0.3, 0.4) is 0 Å². The topological polar surface area (TPSA) is 32.3 Å². The van der Waals surface area contributed by atoms with E-state index in [2.05, 4.69) is 10.2 Å². The molecule has 1 aliphatic heterocycles. The van der Waals surface area contributed by atoms with E-state index in [1.54, 1.807) is 0 Å². The highest BCUT2D eigenvalue weighted by Crippen LogP contribution is 2.07. The van der Waals surface area contributed by atoms with Crippen molar-refractivity contribution in [2.24, 2.45) is 0 Å². The van der Waals surface area contributed by atoms with E-state index in [-0.39, 0.29) is 5.91 Å². The Morgan fingerprint density at radius 1 is 1.31 bits per heavy atom. The highest BCUT2D eigenvalue weighted by molar-refractivity contribution is 5.92. The Hall–Kier alpha value is -0.830. The van der Waals surface area contributed by atoms with Crippen molar-refractivity contribution in [2.45, 2.75) is 39.5 Å². The number of nitrogens with zero attached hydrogens (tertiary/aromatic N) is 1. The van der Waals surface area contributed by atoms with Gasteiger partial charge in [-0.25, -0.2) is 0 Å². The van der Waals surface area contributed by atoms with Gasteiger partial charge < -0.3 is 10.2 Å². The van der Waals surface area contributed by atoms with Crippen LogP contribution in [0.15, 0.2) is 11.6 Å². The zero-order valence-corrected chi connectivity index (χ0v) is 10.6. The van der Waals surface area contributed by atoms with Crippen LogP contribution in [0.5, 0.6) is 0 Å². The van der Waals surface area contributed by atoms with Crippen molar-refractivity contribution in [1.82, 2.24) is 10.2 Å². The van der Waals surface area contributed by atoms with Crippen molar-refractivity contribution in [1.29, 1.82) is 0 Å². The van der Waals surface area contributed by atoms with Gasteiger partial charge >= 0.3 is 0 Å². The van der Waals surface area contributed by atoms with Gasteiger partial charge in [-0.05, 0) is 39.3 Å². The Kier molecular flexibility index (Phi) is 6.16. The van der Waals surface area contributed by atoms with Gasteiger partial charge in [0, 0.05) is 18.7 Å². The first kappa shape index (κ1) is 13.2. The van der Waals surface area contributed by atoms with Crippen LogP contribution in [-0.2, 0) is 4.79 Å². The minimum atomic E-state index is 0.0823. The molecule has 0 aromatic heterocycles. The molecule has 0 unspecified atom stereocenters. The molecule has 1 heterocycles. The monoisotopic (exact) mass is 224 g/mol. The fraction of sp³-hybridized carbons (Fsp3) is 0.769. The summed E-state index contributed by atoms with van der Waals surface area (Å²) in [5.74, 6) is 0.0823. The summed E-state index contributed by atoms with van der Waals surface area (Å²) in [4.78, 5) is 14.0. The van der Waals surface area contributed by atoms with Crippen LogP contribution in [0, 0.1) is 0 Å². The lowest BCUT2D eigenvalue weighted by molar-refractivity contribution is -0.117. The summed E-state index contributed by atoms with van der Waals surface area (Å²) >= 11 is 0. The van der Waals surface area contributed by atoms with E-state index in [0.29, 0.717) is 0 Å². The van der Waals surface area contributed by atoms with Gasteiger partial charge in [0.15, 0.2) is 0 Å². The number of likely N-dealkylation sites (tertiary alicyclic amines) is 1. The molecule has 1 saturated heterocycles. The molecule has 0 bridgehead atoms. The second-order valence-electron chi connectivity index (χ2n) is 4.45. The molecule has 3 heteroatoms. The molecule has 1 fully saturated rings. The minimum Gasteiger partial charge on any atom is -0.351 e. The molecule has 1 rings (SSSR count). The lowest BCUT2D eigenvalue weighted by atomic mass is 10.1. The zero-order chi connectivity index (χ0) is 11.8. The maximum absolute atomic E-state index is 11.6. The van der Waals surface area contributed by atoms with Crippen LogP contribution < -0.4 is 5.32 Å². The summed E-state index contributed by atoms with van der Waals surface area (Å²) in [6.45, 7) is 8.07. The van der Waals surface area contributed by atoms with E-state index in [1.165, 1.54) is 32.4 Å². The molecule has 0 spiro atoms. The van der Waals surface area contributed by atoms with Gasteiger partial charge in [0.25, 0.3) is 0 Å². The molecule has 16 heavy (non-hydrogen) atoms. The van der Waals surface area contributed by atoms with Gasteiger partial charge in [-0.2, -0.15) is 0 Å². The molecule has 1 aliphatic rings. The predicted octanol–water partition coefficient (Wildman–Crippen LogP) is 1.94. The van der Waals surface area contributed by atoms with Crippen molar-refractivity contribution in [3.63, 3.8) is 0 Å². The molecule has 1 N–H and O–H groups in total. The molecule has 0 saturated carbocycles. The van der Waals surface area contributed by atoms with Gasteiger partial charge in [0.2, 0.25) is 5.91 Å². The first-order valence-corrected chi connectivity index (χ1v) is 6.41. The average Bonchev–Trinajstić information content (AvgIpc) is 2.30. The van der Waals surface area contributed by atoms with Crippen molar-refractivity contribution in [3.8, 4) is 0 Å². The van der Waals surface area contributed by atoms with Gasteiger partial charge in [-0.3, -0.25) is 4.79 Å². The number of nitrogens with one attached hydrogen (secondary N) is 1. The molecular formula is C13H24N2O. The van der Waals surface area contributed by atoms with E-state index in [1.807, 2.05) is 19.9 Å². The number of allylic oxidation sites excluding steroid dienone is 1. The lowest BCUT2D eigenvalue weighted by Gasteiger charge is -2.26. The van der Waals surface area contributed by atoms with E-state index in [0.717, 1.165) is 25.1 Å². The fourth-order valence-corrected chi connectivity index (χ4v) is 2.05. The van der Waals surface area contributed by atoms with E-state index in [9.17, 15) is 4.79 Å². The number of carbonyl (C=O) groups is 1. The minimum absolute atomic E-state index is 0.0823. The third-order valence-corrected chi connectivity index (χ3v) is 3.03. The second-order valence-corrected chi connectivity index (χ2v) is 4.45. The molecule has 0 aromatic carbocycles. The molecule has 1 amide bonds. The largest absolute Gasteiger partial charge is 0.351 e. The molecule has 0 aromatic rings. The third-order valence-electron chi connectivity index (χ3n) is 3.03. The van der Waals surface area contributed by atoms with Gasteiger partial charge in [-0.1, -0.05) is 19.4 Å². The maximum Gasteiger partial charge on any atom is 0.246 e. The number of hydrogen-bond donors (Lipinski definition) is 1. The van der Waals surface area contributed by atoms with Crippen LogP contribution in [-0.4, -0.2) is 37.0 Å². The summed E-state index contributed by atoms with van der Waals surface area (Å²) in [5, 5.41) is 2.97. The Balaban J connectivity index is 2.14. The summed E-state index contributed by atoms with van der Waals surface area (Å²) in [6.07, 6.45) is 6.87. The third kappa shape index (κ3) is 4.79. The Labute approximate surface area is 98.9 Å². The molecule has 0 atom stereocenters. The molecular weight excluding hydrogens is 200 g/mol. The first-order valence-electron chi connectivity index (χ1n) is 6.41. The van der Waals surface area contributed by atoms with E-state index >= 15 is 0 Å². The number of carbonyl (C=O) groups excluding carboxylic acids is 1. The number of piperidine rings is 1. The van der Waals surface area contributed by atoms with E-state index < -0.39 is 0 Å². The number of rotatable bonds is 5. The number of amides is 1. The molecule has 0 radical (unpaired) electrons. The van der Waals surface area contributed by atoms with Crippen LogP contribution >= 0.6 is 0 Å². The van der Waals surface area contributed by atoms with Crippen molar-refractivity contribution >= 4 is 5.91 Å². The van der Waals surface area contributed by atoms with Crippen LogP contribution in [0.2, 0.25) is 0 Å². The smallest absolute Gasteiger partial charge is 0.246 e. The average molecular weight is 224 g/mol. The first-order chi connectivity index (χ1) is 7.74. The standard InChI is InChI=1S/C13H24N2O/c1-3-7-12(2)13(16)14-8-11-15-9-5-4-6-10-15/h7H,3-6,8-11H2,1-2H3,(H,14,16)/b12-7-. The highest BCUT2D eigenvalue weighted by atomic mass is 16.1. The summed E-state index contributed by atoms with van der Waals surface area (Å²) in [5.41, 5.74) is 0.834. The molecule has 0 aliphatic carbocycles. The number of hydrogen-bond acceptors (Lipinski definition) is 2. The van der Waals surface area contributed by atoms with Crippen LogP contribution in [0.1, 0.15) is 39.5 Å². The quantitative estimate of drug-likeness (QED) is 0.724. The van der Waals surface area contributed by atoms with Gasteiger partial charge in [-0.15, -0.1) is 0 Å². The highest BCUT2D eigenvalue weighted by Gasteiger charge is 2.10. The Bertz CT molecular complexity index is 242. The molecule has 3 nitrogen and oxygen atoms in total. The Morgan fingerprint density at radius 3 is 2.62 bits per heavy atom. The lowest BCUT2D eigenvalue weighted by Crippen LogP contribution is -2.37. The van der Waals surface area contributed by atoms with Gasteiger partial charge in [0.1, 0.15) is 0 Å². The van der Waals surface area contributed by atoms with E-state index in [4.69, 9.17) is 0 Å². The van der Waals surface area contributed by atoms with Crippen LogP contribution in [0.25, 0.3) is 0 Å². The molecule has 92 valence electrons. The zero-order valence-electron chi connectivity index (χ0n) is 10.6. The summed E-state index contributed by atoms with van der Waals surface area (Å²) in [7, 11) is 0. The SMILES string of the molecule is CC/C=C(/C)C(=O)NCCN1CCCCC1.